The van der Waals surface area contributed by atoms with E-state index in [0.29, 0.717) is 5.38 Å². The quantitative estimate of drug-likeness (QED) is 0.360. The van der Waals surface area contributed by atoms with Crippen LogP contribution in [0.2, 0.25) is 0 Å². The van der Waals surface area contributed by atoms with Gasteiger partial charge in [-0.25, -0.2) is 0 Å². The van der Waals surface area contributed by atoms with Crippen molar-refractivity contribution >= 4 is 11.6 Å². The molecule has 13 heavy (non-hydrogen) atoms. The molecule has 0 fully saturated rings. The van der Waals surface area contributed by atoms with Crippen LogP contribution in [0, 0.1) is 0 Å². The molecule has 0 bridgehead atoms. The fourth-order valence-corrected chi connectivity index (χ4v) is 1.68. The molecule has 0 amide bonds. The molecule has 0 aliphatic heterocycles. The highest BCUT2D eigenvalue weighted by Gasteiger charge is 1.99. The summed E-state index contributed by atoms with van der Waals surface area (Å²) in [5.41, 5.74) is 0. The zero-order valence-corrected chi connectivity index (χ0v) is 10.1. The average molecular weight is 205 g/mol. The molecule has 0 aromatic rings. The maximum absolute atomic E-state index is 6.03. The molecule has 0 spiro atoms. The first-order valence-corrected chi connectivity index (χ1v) is 6.39. The van der Waals surface area contributed by atoms with Crippen LogP contribution < -0.4 is 0 Å². The molecule has 0 aliphatic rings. The van der Waals surface area contributed by atoms with Crippen molar-refractivity contribution in [2.24, 2.45) is 0 Å². The number of alkyl halides is 1. The van der Waals surface area contributed by atoms with Crippen molar-refractivity contribution in [3.63, 3.8) is 0 Å². The summed E-state index contributed by atoms with van der Waals surface area (Å²) in [6.45, 7) is 4.43. The summed E-state index contributed by atoms with van der Waals surface area (Å²) in [7, 11) is 0. The molecule has 0 heterocycles. The molecule has 0 saturated heterocycles. The molecular formula is C12H25Cl. The smallest absolute Gasteiger partial charge is 0.0333 e. The normalized spacial score (nSPS) is 13.2. The summed E-state index contributed by atoms with van der Waals surface area (Å²) in [5, 5.41) is 0.427. The van der Waals surface area contributed by atoms with Gasteiger partial charge in [0.2, 0.25) is 0 Å². The summed E-state index contributed by atoms with van der Waals surface area (Å²) in [5.74, 6) is 0. The van der Waals surface area contributed by atoms with Gasteiger partial charge in [0.15, 0.2) is 0 Å². The van der Waals surface area contributed by atoms with Gasteiger partial charge in [0, 0.05) is 5.38 Å². The van der Waals surface area contributed by atoms with Gasteiger partial charge in [-0.2, -0.15) is 0 Å². The molecular weight excluding hydrogens is 180 g/mol. The van der Waals surface area contributed by atoms with Crippen molar-refractivity contribution in [1.82, 2.24) is 0 Å². The van der Waals surface area contributed by atoms with E-state index in [4.69, 9.17) is 11.6 Å². The fraction of sp³-hybridized carbons (Fsp3) is 1.00. The van der Waals surface area contributed by atoms with E-state index in [2.05, 4.69) is 13.8 Å². The van der Waals surface area contributed by atoms with Crippen LogP contribution in [0.25, 0.3) is 0 Å². The number of hydrogen-bond donors (Lipinski definition) is 0. The van der Waals surface area contributed by atoms with Crippen LogP contribution in [0.5, 0.6) is 0 Å². The Morgan fingerprint density at radius 2 is 1.38 bits per heavy atom. The molecule has 0 rings (SSSR count). The van der Waals surface area contributed by atoms with Crippen molar-refractivity contribution < 1.29 is 0 Å². The topological polar surface area (TPSA) is 0 Å². The second kappa shape index (κ2) is 10.4. The molecule has 80 valence electrons. The van der Waals surface area contributed by atoms with Crippen LogP contribution >= 0.6 is 11.6 Å². The minimum absolute atomic E-state index is 0.427. The zero-order chi connectivity index (χ0) is 9.94. The minimum Gasteiger partial charge on any atom is -0.123 e. The van der Waals surface area contributed by atoms with E-state index >= 15 is 0 Å². The first-order valence-electron chi connectivity index (χ1n) is 5.95. The molecule has 0 aromatic heterocycles. The number of rotatable bonds is 9. The summed E-state index contributed by atoms with van der Waals surface area (Å²) >= 11 is 6.03. The Morgan fingerprint density at radius 3 is 1.92 bits per heavy atom. The number of unbranched alkanes of at least 4 members (excludes halogenated alkanes) is 6. The highest BCUT2D eigenvalue weighted by atomic mass is 35.5. The zero-order valence-electron chi connectivity index (χ0n) is 9.32. The Bertz CT molecular complexity index is 91.1. The molecule has 1 unspecified atom stereocenters. The fourth-order valence-electron chi connectivity index (χ4n) is 1.53. The third-order valence-electron chi connectivity index (χ3n) is 2.56. The lowest BCUT2D eigenvalue weighted by Crippen LogP contribution is -1.94. The third-order valence-corrected chi connectivity index (χ3v) is 3.09. The van der Waals surface area contributed by atoms with Crippen molar-refractivity contribution in [3.8, 4) is 0 Å². The lowest BCUT2D eigenvalue weighted by molar-refractivity contribution is 0.565. The van der Waals surface area contributed by atoms with Gasteiger partial charge in [-0.15, -0.1) is 11.6 Å². The predicted octanol–water partition coefficient (Wildman–Crippen LogP) is 5.14. The molecule has 0 N–H and O–H groups in total. The Hall–Kier alpha value is 0.290. The molecule has 0 radical (unpaired) electrons. The van der Waals surface area contributed by atoms with Crippen LogP contribution in [0.1, 0.15) is 71.6 Å². The summed E-state index contributed by atoms with van der Waals surface area (Å²) in [6, 6.07) is 0. The van der Waals surface area contributed by atoms with E-state index in [1.54, 1.807) is 0 Å². The van der Waals surface area contributed by atoms with Gasteiger partial charge in [0.25, 0.3) is 0 Å². The summed E-state index contributed by atoms with van der Waals surface area (Å²) in [6.07, 6.45) is 12.1. The van der Waals surface area contributed by atoms with Gasteiger partial charge in [-0.1, -0.05) is 58.8 Å². The lowest BCUT2D eigenvalue weighted by atomic mass is 10.1. The molecule has 0 aliphatic carbocycles. The number of hydrogen-bond acceptors (Lipinski definition) is 0. The van der Waals surface area contributed by atoms with Gasteiger partial charge in [-0.05, 0) is 12.8 Å². The van der Waals surface area contributed by atoms with Crippen LogP contribution in [0.15, 0.2) is 0 Å². The first-order chi connectivity index (χ1) is 6.31. The Labute approximate surface area is 89.1 Å². The third kappa shape index (κ3) is 10.2. The summed E-state index contributed by atoms with van der Waals surface area (Å²) in [4.78, 5) is 0. The molecule has 0 nitrogen and oxygen atoms in total. The Balaban J connectivity index is 2.91. The first kappa shape index (κ1) is 13.3. The van der Waals surface area contributed by atoms with Gasteiger partial charge < -0.3 is 0 Å². The SMILES string of the molecule is CCCCCCCCCC(Cl)CC. The van der Waals surface area contributed by atoms with Gasteiger partial charge in [0.1, 0.15) is 0 Å². The van der Waals surface area contributed by atoms with Crippen molar-refractivity contribution in [1.29, 1.82) is 0 Å². The predicted molar refractivity (Wildman–Crippen MR) is 62.5 cm³/mol. The van der Waals surface area contributed by atoms with Gasteiger partial charge in [-0.3, -0.25) is 0 Å². The van der Waals surface area contributed by atoms with Crippen LogP contribution in [-0.2, 0) is 0 Å². The largest absolute Gasteiger partial charge is 0.123 e. The maximum Gasteiger partial charge on any atom is 0.0333 e. The van der Waals surface area contributed by atoms with E-state index < -0.39 is 0 Å². The van der Waals surface area contributed by atoms with Crippen LogP contribution in [0.4, 0.5) is 0 Å². The summed E-state index contributed by atoms with van der Waals surface area (Å²) < 4.78 is 0. The molecule has 0 saturated carbocycles. The van der Waals surface area contributed by atoms with Crippen LogP contribution in [-0.4, -0.2) is 5.38 Å². The van der Waals surface area contributed by atoms with Crippen molar-refractivity contribution in [2.75, 3.05) is 0 Å². The second-order valence-electron chi connectivity index (χ2n) is 3.92. The van der Waals surface area contributed by atoms with E-state index in [0.717, 1.165) is 6.42 Å². The van der Waals surface area contributed by atoms with Crippen LogP contribution in [0.3, 0.4) is 0 Å². The molecule has 1 heteroatoms. The van der Waals surface area contributed by atoms with Gasteiger partial charge >= 0.3 is 0 Å². The molecule has 1 atom stereocenters. The standard InChI is InChI=1S/C12H25Cl/c1-3-5-6-7-8-9-10-11-12(13)4-2/h12H,3-11H2,1-2H3. The van der Waals surface area contributed by atoms with E-state index in [9.17, 15) is 0 Å². The maximum atomic E-state index is 6.03. The van der Waals surface area contributed by atoms with Crippen molar-refractivity contribution in [3.05, 3.63) is 0 Å². The van der Waals surface area contributed by atoms with E-state index in [1.807, 2.05) is 0 Å². The highest BCUT2D eigenvalue weighted by Crippen LogP contribution is 2.13. The van der Waals surface area contributed by atoms with E-state index in [1.165, 1.54) is 51.4 Å². The Morgan fingerprint density at radius 1 is 0.846 bits per heavy atom. The average Bonchev–Trinajstić information content (AvgIpc) is 2.16. The second-order valence-corrected chi connectivity index (χ2v) is 4.53. The van der Waals surface area contributed by atoms with Crippen molar-refractivity contribution in [2.45, 2.75) is 77.0 Å². The van der Waals surface area contributed by atoms with Gasteiger partial charge in [0.05, 0.1) is 0 Å². The minimum atomic E-state index is 0.427. The van der Waals surface area contributed by atoms with E-state index in [-0.39, 0.29) is 0 Å². The number of halogens is 1. The highest BCUT2D eigenvalue weighted by molar-refractivity contribution is 6.20. The monoisotopic (exact) mass is 204 g/mol. The molecule has 0 aromatic carbocycles. The lowest BCUT2D eigenvalue weighted by Gasteiger charge is -2.05. The Kier molecular flexibility index (Phi) is 10.6.